The Bertz CT molecular complexity index is 710. The predicted octanol–water partition coefficient (Wildman–Crippen LogP) is 1.88. The number of aromatic carboxylic acids is 1. The number of carboxylic acids is 1. The Morgan fingerprint density at radius 2 is 2.25 bits per heavy atom. The number of carboxylic acid groups (broad SMARTS) is 1. The summed E-state index contributed by atoms with van der Waals surface area (Å²) in [5.74, 6) is -1.14. The molecule has 106 valence electrons. The minimum atomic E-state index is -3.75. The van der Waals surface area contributed by atoms with Gasteiger partial charge in [0.25, 0.3) is 0 Å². The average molecular weight is 312 g/mol. The van der Waals surface area contributed by atoms with Gasteiger partial charge in [-0.15, -0.1) is 11.3 Å². The number of sulfonamides is 1. The summed E-state index contributed by atoms with van der Waals surface area (Å²) < 4.78 is 26.8. The number of nitrogens with zero attached hydrogens (tertiary/aromatic N) is 1. The van der Waals surface area contributed by atoms with Crippen LogP contribution in [0.1, 0.15) is 28.2 Å². The molecule has 0 aromatic carbocycles. The highest BCUT2D eigenvalue weighted by atomic mass is 32.2. The lowest BCUT2D eigenvalue weighted by atomic mass is 10.2. The van der Waals surface area contributed by atoms with Gasteiger partial charge >= 0.3 is 5.97 Å². The summed E-state index contributed by atoms with van der Waals surface area (Å²) in [5.41, 5.74) is 0.727. The molecule has 0 saturated carbocycles. The predicted molar refractivity (Wildman–Crippen MR) is 74.3 cm³/mol. The molecule has 6 nitrogen and oxygen atoms in total. The Labute approximate surface area is 120 Å². The first-order valence-corrected chi connectivity index (χ1v) is 8.00. The van der Waals surface area contributed by atoms with Gasteiger partial charge in [0.2, 0.25) is 10.0 Å². The van der Waals surface area contributed by atoms with Gasteiger partial charge in [0, 0.05) is 23.8 Å². The lowest BCUT2D eigenvalue weighted by Gasteiger charge is -2.13. The summed E-state index contributed by atoms with van der Waals surface area (Å²) in [7, 11) is -3.75. The van der Waals surface area contributed by atoms with Crippen LogP contribution in [0.3, 0.4) is 0 Å². The van der Waals surface area contributed by atoms with E-state index in [-0.39, 0.29) is 9.77 Å². The van der Waals surface area contributed by atoms with Crippen LogP contribution in [0.4, 0.5) is 0 Å². The van der Waals surface area contributed by atoms with Gasteiger partial charge in [-0.25, -0.2) is 17.9 Å². The fourth-order valence-electron chi connectivity index (χ4n) is 1.57. The van der Waals surface area contributed by atoms with Crippen LogP contribution in [0, 0.1) is 0 Å². The molecule has 0 fully saturated rings. The number of pyridine rings is 1. The zero-order valence-corrected chi connectivity index (χ0v) is 12.1. The van der Waals surface area contributed by atoms with Crippen molar-refractivity contribution >= 4 is 27.3 Å². The Hall–Kier alpha value is -1.77. The standard InChI is InChI=1S/C12H12N2O4S2/c1-8(9-3-2-4-13-6-9)14-20(17,18)10-5-11(12(15)16)19-7-10/h2-8,14H,1H3,(H,15,16)/t8-/m0/s1. The molecule has 2 heterocycles. The summed E-state index contributed by atoms with van der Waals surface area (Å²) in [6.45, 7) is 1.69. The monoisotopic (exact) mass is 312 g/mol. The van der Waals surface area contributed by atoms with Crippen molar-refractivity contribution in [3.05, 3.63) is 46.4 Å². The molecule has 8 heteroatoms. The lowest BCUT2D eigenvalue weighted by Crippen LogP contribution is -2.26. The van der Waals surface area contributed by atoms with Crippen molar-refractivity contribution in [2.24, 2.45) is 0 Å². The van der Waals surface area contributed by atoms with Gasteiger partial charge in [-0.1, -0.05) is 6.07 Å². The molecule has 0 aliphatic heterocycles. The number of hydrogen-bond donors (Lipinski definition) is 2. The maximum absolute atomic E-state index is 12.1. The Morgan fingerprint density at radius 1 is 1.50 bits per heavy atom. The van der Waals surface area contributed by atoms with E-state index in [4.69, 9.17) is 5.11 Å². The van der Waals surface area contributed by atoms with E-state index in [1.165, 1.54) is 5.38 Å². The van der Waals surface area contributed by atoms with Crippen molar-refractivity contribution in [2.75, 3.05) is 0 Å². The van der Waals surface area contributed by atoms with Crippen LogP contribution in [-0.2, 0) is 10.0 Å². The largest absolute Gasteiger partial charge is 0.477 e. The molecular weight excluding hydrogens is 300 g/mol. The van der Waals surface area contributed by atoms with E-state index in [0.717, 1.165) is 23.0 Å². The molecule has 20 heavy (non-hydrogen) atoms. The van der Waals surface area contributed by atoms with Crippen LogP contribution in [-0.4, -0.2) is 24.5 Å². The summed E-state index contributed by atoms with van der Waals surface area (Å²) in [4.78, 5) is 14.6. The Kier molecular flexibility index (Phi) is 4.17. The first-order chi connectivity index (χ1) is 9.40. The summed E-state index contributed by atoms with van der Waals surface area (Å²) >= 11 is 0.876. The van der Waals surface area contributed by atoms with Crippen molar-refractivity contribution in [1.29, 1.82) is 0 Å². The smallest absolute Gasteiger partial charge is 0.345 e. The maximum Gasteiger partial charge on any atom is 0.345 e. The second-order valence-corrected chi connectivity index (χ2v) is 6.71. The number of nitrogens with one attached hydrogen (secondary N) is 1. The van der Waals surface area contributed by atoms with Crippen LogP contribution in [0.5, 0.6) is 0 Å². The van der Waals surface area contributed by atoms with Crippen molar-refractivity contribution in [1.82, 2.24) is 9.71 Å². The number of hydrogen-bond acceptors (Lipinski definition) is 5. The van der Waals surface area contributed by atoms with E-state index in [1.807, 2.05) is 0 Å². The second kappa shape index (κ2) is 5.70. The van der Waals surface area contributed by atoms with Crippen LogP contribution in [0.2, 0.25) is 0 Å². The van der Waals surface area contributed by atoms with Crippen LogP contribution < -0.4 is 4.72 Å². The molecule has 0 saturated heterocycles. The van der Waals surface area contributed by atoms with E-state index >= 15 is 0 Å². The second-order valence-electron chi connectivity index (χ2n) is 4.08. The SMILES string of the molecule is C[C@H](NS(=O)(=O)c1csc(C(=O)O)c1)c1cccnc1. The zero-order chi connectivity index (χ0) is 14.8. The third-order valence-corrected chi connectivity index (χ3v) is 5.20. The Balaban J connectivity index is 2.20. The van der Waals surface area contributed by atoms with E-state index in [1.54, 1.807) is 31.5 Å². The highest BCUT2D eigenvalue weighted by Gasteiger charge is 2.21. The topological polar surface area (TPSA) is 96.4 Å². The fourth-order valence-corrected chi connectivity index (χ4v) is 3.92. The lowest BCUT2D eigenvalue weighted by molar-refractivity contribution is 0.0702. The van der Waals surface area contributed by atoms with Gasteiger partial charge < -0.3 is 5.11 Å². The molecule has 0 amide bonds. The maximum atomic E-state index is 12.1. The van der Waals surface area contributed by atoms with Gasteiger partial charge in [-0.2, -0.15) is 0 Å². The van der Waals surface area contributed by atoms with Gasteiger partial charge in [0.15, 0.2) is 0 Å². The van der Waals surface area contributed by atoms with Gasteiger partial charge in [0.1, 0.15) is 4.88 Å². The van der Waals surface area contributed by atoms with E-state index in [0.29, 0.717) is 0 Å². The van der Waals surface area contributed by atoms with Gasteiger partial charge in [-0.05, 0) is 24.6 Å². The summed E-state index contributed by atoms with van der Waals surface area (Å²) in [6.07, 6.45) is 3.17. The van der Waals surface area contributed by atoms with Crippen LogP contribution in [0.15, 0.2) is 40.9 Å². The molecule has 2 N–H and O–H groups in total. The van der Waals surface area contributed by atoms with E-state index < -0.39 is 22.0 Å². The number of aromatic nitrogens is 1. The molecule has 0 aliphatic carbocycles. The number of thiophene rings is 1. The third kappa shape index (κ3) is 3.21. The summed E-state index contributed by atoms with van der Waals surface area (Å²) in [5, 5.41) is 10.1. The van der Waals surface area contributed by atoms with Crippen molar-refractivity contribution in [3.63, 3.8) is 0 Å². The van der Waals surface area contributed by atoms with Crippen molar-refractivity contribution < 1.29 is 18.3 Å². The van der Waals surface area contributed by atoms with Gasteiger partial charge in [-0.3, -0.25) is 4.98 Å². The van der Waals surface area contributed by atoms with Crippen molar-refractivity contribution in [3.8, 4) is 0 Å². The molecule has 0 aliphatic rings. The first kappa shape index (κ1) is 14.6. The molecule has 0 unspecified atom stereocenters. The van der Waals surface area contributed by atoms with Gasteiger partial charge in [0.05, 0.1) is 4.90 Å². The molecule has 2 aromatic rings. The minimum Gasteiger partial charge on any atom is -0.477 e. The number of rotatable bonds is 5. The van der Waals surface area contributed by atoms with Crippen molar-refractivity contribution in [2.45, 2.75) is 17.9 Å². The molecular formula is C12H12N2O4S2. The molecule has 0 radical (unpaired) electrons. The molecule has 0 spiro atoms. The molecule has 0 bridgehead atoms. The average Bonchev–Trinajstić information content (AvgIpc) is 2.90. The quantitative estimate of drug-likeness (QED) is 0.878. The fraction of sp³-hybridized carbons (Fsp3) is 0.167. The number of carbonyl (C=O) groups is 1. The molecule has 2 rings (SSSR count). The van der Waals surface area contributed by atoms with E-state index in [9.17, 15) is 13.2 Å². The summed E-state index contributed by atoms with van der Waals surface area (Å²) in [6, 6.07) is 4.16. The van der Waals surface area contributed by atoms with E-state index in [2.05, 4.69) is 9.71 Å². The highest BCUT2D eigenvalue weighted by Crippen LogP contribution is 2.21. The first-order valence-electron chi connectivity index (χ1n) is 5.64. The normalized spacial score (nSPS) is 13.1. The zero-order valence-electron chi connectivity index (χ0n) is 10.5. The highest BCUT2D eigenvalue weighted by molar-refractivity contribution is 7.89. The Morgan fingerprint density at radius 3 is 2.80 bits per heavy atom. The van der Waals surface area contributed by atoms with Crippen LogP contribution in [0.25, 0.3) is 0 Å². The molecule has 1 atom stereocenters. The molecule has 2 aromatic heterocycles. The van der Waals surface area contributed by atoms with Crippen LogP contribution >= 0.6 is 11.3 Å². The third-order valence-electron chi connectivity index (χ3n) is 2.61. The minimum absolute atomic E-state index is 0.0144.